The maximum atomic E-state index is 12.2. The molecule has 1 fully saturated rings. The molecule has 0 bridgehead atoms. The molecule has 0 saturated carbocycles. The van der Waals surface area contributed by atoms with Crippen molar-refractivity contribution < 1.29 is 17.9 Å². The number of sulfonamides is 1. The first-order valence-electron chi connectivity index (χ1n) is 6.82. The second-order valence-corrected chi connectivity index (χ2v) is 6.84. The molecular weight excluding hydrogens is 292 g/mol. The maximum absolute atomic E-state index is 12.2. The fraction of sp³-hybridized carbons (Fsp3) is 0.500. The third-order valence-electron chi connectivity index (χ3n) is 3.55. The average molecular weight is 312 g/mol. The molecule has 1 aliphatic heterocycles. The maximum Gasteiger partial charge on any atom is 0.248 e. The van der Waals surface area contributed by atoms with E-state index in [1.165, 1.54) is 0 Å². The molecule has 6 nitrogen and oxygen atoms in total. The van der Waals surface area contributed by atoms with E-state index in [0.717, 1.165) is 11.1 Å². The van der Waals surface area contributed by atoms with Crippen LogP contribution in [0.3, 0.4) is 0 Å². The van der Waals surface area contributed by atoms with Crippen LogP contribution in [0.5, 0.6) is 0 Å². The van der Waals surface area contributed by atoms with E-state index in [4.69, 9.17) is 4.74 Å². The van der Waals surface area contributed by atoms with Gasteiger partial charge >= 0.3 is 0 Å². The van der Waals surface area contributed by atoms with Crippen LogP contribution >= 0.6 is 0 Å². The largest absolute Gasteiger partial charge is 0.370 e. The molecule has 1 aromatic rings. The van der Waals surface area contributed by atoms with Crippen LogP contribution in [-0.2, 0) is 19.6 Å². The topological polar surface area (TPSA) is 75.7 Å². The fourth-order valence-corrected chi connectivity index (χ4v) is 3.17. The average Bonchev–Trinajstić information content (AvgIpc) is 2.44. The highest BCUT2D eigenvalue weighted by Crippen LogP contribution is 2.14. The Morgan fingerprint density at radius 1 is 1.29 bits per heavy atom. The predicted molar refractivity (Wildman–Crippen MR) is 78.5 cm³/mol. The summed E-state index contributed by atoms with van der Waals surface area (Å²) in [6, 6.07) is 5.03. The molecule has 1 N–H and O–H groups in total. The zero-order valence-electron chi connectivity index (χ0n) is 12.3. The summed E-state index contributed by atoms with van der Waals surface area (Å²) in [5, 5.41) is 0. The number of hydrogen-bond donors (Lipinski definition) is 1. The molecule has 2 rings (SSSR count). The van der Waals surface area contributed by atoms with Gasteiger partial charge in [-0.3, -0.25) is 4.79 Å². The van der Waals surface area contributed by atoms with Crippen molar-refractivity contribution in [1.29, 1.82) is 0 Å². The smallest absolute Gasteiger partial charge is 0.248 e. The molecule has 1 heterocycles. The molecule has 0 spiro atoms. The van der Waals surface area contributed by atoms with Gasteiger partial charge in [0.25, 0.3) is 0 Å². The van der Waals surface area contributed by atoms with Crippen molar-refractivity contribution in [3.05, 3.63) is 29.3 Å². The van der Waals surface area contributed by atoms with Crippen LogP contribution in [0.15, 0.2) is 23.1 Å². The second-order valence-electron chi connectivity index (χ2n) is 5.08. The Morgan fingerprint density at radius 2 is 2.05 bits per heavy atom. The molecule has 1 aliphatic rings. The molecule has 0 aliphatic carbocycles. The van der Waals surface area contributed by atoms with Crippen LogP contribution in [0.4, 0.5) is 0 Å². The Labute approximate surface area is 125 Å². The monoisotopic (exact) mass is 312 g/mol. The molecule has 1 saturated heterocycles. The van der Waals surface area contributed by atoms with E-state index >= 15 is 0 Å². The number of nitrogens with zero attached hydrogens (tertiary/aromatic N) is 1. The van der Waals surface area contributed by atoms with Crippen molar-refractivity contribution in [2.45, 2.75) is 18.7 Å². The van der Waals surface area contributed by atoms with Gasteiger partial charge in [-0.25, -0.2) is 13.1 Å². The van der Waals surface area contributed by atoms with Crippen LogP contribution in [0, 0.1) is 13.8 Å². The van der Waals surface area contributed by atoms with E-state index in [9.17, 15) is 13.2 Å². The van der Waals surface area contributed by atoms with Crippen molar-refractivity contribution in [2.24, 2.45) is 0 Å². The van der Waals surface area contributed by atoms with E-state index in [-0.39, 0.29) is 24.0 Å². The van der Waals surface area contributed by atoms with Gasteiger partial charge in [-0.15, -0.1) is 0 Å². The third-order valence-corrected chi connectivity index (χ3v) is 5.00. The fourth-order valence-electron chi connectivity index (χ4n) is 2.07. The Hall–Kier alpha value is -1.44. The Kier molecular flexibility index (Phi) is 4.97. The number of ether oxygens (including phenoxy) is 1. The van der Waals surface area contributed by atoms with E-state index < -0.39 is 10.0 Å². The molecule has 116 valence electrons. The van der Waals surface area contributed by atoms with Gasteiger partial charge in [0.15, 0.2) is 0 Å². The molecule has 7 heteroatoms. The number of nitrogens with one attached hydrogen (secondary N) is 1. The minimum Gasteiger partial charge on any atom is -0.370 e. The van der Waals surface area contributed by atoms with Crippen LogP contribution in [-0.4, -0.2) is 52.1 Å². The van der Waals surface area contributed by atoms with E-state index in [2.05, 4.69) is 4.72 Å². The summed E-state index contributed by atoms with van der Waals surface area (Å²) >= 11 is 0. The van der Waals surface area contributed by atoms with Crippen LogP contribution in [0.1, 0.15) is 11.1 Å². The standard InChI is InChI=1S/C14H20N2O4S/c1-11-3-4-13(9-12(11)2)21(18,19)15-5-6-16-7-8-20-10-14(16)17/h3-4,9,15H,5-8,10H2,1-2H3. The quantitative estimate of drug-likeness (QED) is 0.856. The van der Waals surface area contributed by atoms with Gasteiger partial charge in [-0.05, 0) is 37.1 Å². The van der Waals surface area contributed by atoms with Gasteiger partial charge in [0.2, 0.25) is 15.9 Å². The molecule has 0 unspecified atom stereocenters. The lowest BCUT2D eigenvalue weighted by molar-refractivity contribution is -0.142. The highest BCUT2D eigenvalue weighted by atomic mass is 32.2. The molecule has 0 aromatic heterocycles. The van der Waals surface area contributed by atoms with Crippen molar-refractivity contribution in [3.8, 4) is 0 Å². The van der Waals surface area contributed by atoms with Crippen LogP contribution < -0.4 is 4.72 Å². The van der Waals surface area contributed by atoms with E-state index in [1.807, 2.05) is 13.8 Å². The minimum atomic E-state index is -3.54. The number of amides is 1. The lowest BCUT2D eigenvalue weighted by Crippen LogP contribution is -2.45. The summed E-state index contributed by atoms with van der Waals surface area (Å²) in [5.41, 5.74) is 1.98. The van der Waals surface area contributed by atoms with Crippen LogP contribution in [0.2, 0.25) is 0 Å². The Morgan fingerprint density at radius 3 is 2.71 bits per heavy atom. The highest BCUT2D eigenvalue weighted by Gasteiger charge is 2.19. The van der Waals surface area contributed by atoms with Crippen molar-refractivity contribution in [3.63, 3.8) is 0 Å². The number of morpholine rings is 1. The number of benzene rings is 1. The van der Waals surface area contributed by atoms with Crippen molar-refractivity contribution >= 4 is 15.9 Å². The number of aryl methyl sites for hydroxylation is 2. The van der Waals surface area contributed by atoms with E-state index in [0.29, 0.717) is 19.7 Å². The molecule has 21 heavy (non-hydrogen) atoms. The Bertz CT molecular complexity index is 628. The first-order valence-corrected chi connectivity index (χ1v) is 8.31. The zero-order chi connectivity index (χ0) is 15.5. The number of rotatable bonds is 5. The summed E-state index contributed by atoms with van der Waals surface area (Å²) in [4.78, 5) is 13.4. The molecule has 1 amide bonds. The first kappa shape index (κ1) is 15.9. The lowest BCUT2D eigenvalue weighted by Gasteiger charge is -2.26. The van der Waals surface area contributed by atoms with Gasteiger partial charge in [0.05, 0.1) is 11.5 Å². The van der Waals surface area contributed by atoms with Gasteiger partial charge < -0.3 is 9.64 Å². The first-order chi connectivity index (χ1) is 9.90. The van der Waals surface area contributed by atoms with Crippen molar-refractivity contribution in [1.82, 2.24) is 9.62 Å². The number of hydrogen-bond acceptors (Lipinski definition) is 4. The summed E-state index contributed by atoms with van der Waals surface area (Å²) in [7, 11) is -3.54. The molecule has 1 aromatic carbocycles. The SMILES string of the molecule is Cc1ccc(S(=O)(=O)NCCN2CCOCC2=O)cc1C. The molecular formula is C14H20N2O4S. The Balaban J connectivity index is 1.94. The van der Waals surface area contributed by atoms with E-state index in [1.54, 1.807) is 23.1 Å². The predicted octanol–water partition coefficient (Wildman–Crippen LogP) is 0.441. The highest BCUT2D eigenvalue weighted by molar-refractivity contribution is 7.89. The normalized spacial score (nSPS) is 16.3. The summed E-state index contributed by atoms with van der Waals surface area (Å²) < 4.78 is 31.9. The molecule has 0 atom stereocenters. The lowest BCUT2D eigenvalue weighted by atomic mass is 10.1. The van der Waals surface area contributed by atoms with Gasteiger partial charge in [0, 0.05) is 19.6 Å². The van der Waals surface area contributed by atoms with Gasteiger partial charge in [0.1, 0.15) is 6.61 Å². The van der Waals surface area contributed by atoms with Crippen molar-refractivity contribution in [2.75, 3.05) is 32.8 Å². The third kappa shape index (κ3) is 4.03. The van der Waals surface area contributed by atoms with Crippen LogP contribution in [0.25, 0.3) is 0 Å². The van der Waals surface area contributed by atoms with Gasteiger partial charge in [-0.1, -0.05) is 6.07 Å². The number of carbonyl (C=O) groups excluding carboxylic acids is 1. The summed E-state index contributed by atoms with van der Waals surface area (Å²) in [6.45, 7) is 5.43. The summed E-state index contributed by atoms with van der Waals surface area (Å²) in [5.74, 6) is -0.105. The van der Waals surface area contributed by atoms with Gasteiger partial charge in [-0.2, -0.15) is 0 Å². The second kappa shape index (κ2) is 6.55. The zero-order valence-corrected chi connectivity index (χ0v) is 13.1. The minimum absolute atomic E-state index is 0.0733. The number of carbonyl (C=O) groups is 1. The summed E-state index contributed by atoms with van der Waals surface area (Å²) in [6.07, 6.45) is 0. The molecule has 0 radical (unpaired) electrons.